The van der Waals surface area contributed by atoms with Crippen molar-refractivity contribution in [3.8, 4) is 0 Å². The number of rotatable bonds is 7. The lowest BCUT2D eigenvalue weighted by Gasteiger charge is -2.33. The van der Waals surface area contributed by atoms with E-state index in [0.717, 1.165) is 18.3 Å². The SMILES string of the molecule is CC1=C(/C=C/C(=C/C=C\C(C)=C\C=O)Cc2ccccc2)C(C)(C)CCC1. The average Bonchev–Trinajstić information content (AvgIpc) is 2.61. The zero-order valence-electron chi connectivity index (χ0n) is 17.2. The van der Waals surface area contributed by atoms with Crippen molar-refractivity contribution in [2.45, 2.75) is 53.4 Å². The molecule has 0 aromatic heterocycles. The second-order valence-corrected chi connectivity index (χ2v) is 8.07. The number of allylic oxidation sites excluding steroid dienone is 10. The molecule has 1 aliphatic rings. The van der Waals surface area contributed by atoms with E-state index < -0.39 is 0 Å². The Morgan fingerprint density at radius 1 is 1.11 bits per heavy atom. The predicted octanol–water partition coefficient (Wildman–Crippen LogP) is 6.94. The zero-order valence-corrected chi connectivity index (χ0v) is 17.2. The Hall–Kier alpha value is -2.41. The molecule has 0 spiro atoms. The van der Waals surface area contributed by atoms with Crippen molar-refractivity contribution in [3.63, 3.8) is 0 Å². The molecule has 0 N–H and O–H groups in total. The number of carbonyl (C=O) groups excluding carboxylic acids is 1. The molecule has 0 aliphatic heterocycles. The standard InChI is InChI=1S/C26H32O/c1-21(17-19-27)10-8-14-24(20-23-12-6-5-7-13-23)15-16-25-22(2)11-9-18-26(25,3)4/h5-8,10,12-17,19H,9,11,18,20H2,1-4H3/b10-8-,16-15+,21-17+,24-14-. The van der Waals surface area contributed by atoms with E-state index in [1.807, 2.05) is 19.1 Å². The second kappa shape index (κ2) is 10.1. The van der Waals surface area contributed by atoms with E-state index in [0.29, 0.717) is 0 Å². The molecule has 0 heterocycles. The van der Waals surface area contributed by atoms with Crippen LogP contribution >= 0.6 is 0 Å². The molecular formula is C26H32O. The summed E-state index contributed by atoms with van der Waals surface area (Å²) in [6, 6.07) is 10.5. The molecule has 0 atom stereocenters. The summed E-state index contributed by atoms with van der Waals surface area (Å²) in [5.41, 5.74) is 6.76. The van der Waals surface area contributed by atoms with Gasteiger partial charge in [-0.15, -0.1) is 0 Å². The molecule has 0 bridgehead atoms. The quantitative estimate of drug-likeness (QED) is 0.292. The van der Waals surface area contributed by atoms with E-state index >= 15 is 0 Å². The summed E-state index contributed by atoms with van der Waals surface area (Å²) in [4.78, 5) is 10.6. The van der Waals surface area contributed by atoms with Gasteiger partial charge in [-0.25, -0.2) is 0 Å². The first-order chi connectivity index (χ1) is 12.9. The highest BCUT2D eigenvalue weighted by Crippen LogP contribution is 2.40. The maximum Gasteiger partial charge on any atom is 0.143 e. The summed E-state index contributed by atoms with van der Waals surface area (Å²) in [5, 5.41) is 0. The number of aldehydes is 1. The van der Waals surface area contributed by atoms with Crippen LogP contribution < -0.4 is 0 Å². The summed E-state index contributed by atoms with van der Waals surface area (Å²) < 4.78 is 0. The highest BCUT2D eigenvalue weighted by Gasteiger charge is 2.26. The highest BCUT2D eigenvalue weighted by molar-refractivity contribution is 5.67. The van der Waals surface area contributed by atoms with Gasteiger partial charge in [0.2, 0.25) is 0 Å². The fraction of sp³-hybridized carbons (Fsp3) is 0.346. The van der Waals surface area contributed by atoms with Crippen LogP contribution in [0, 0.1) is 5.41 Å². The van der Waals surface area contributed by atoms with Crippen molar-refractivity contribution < 1.29 is 4.79 Å². The minimum Gasteiger partial charge on any atom is -0.299 e. The van der Waals surface area contributed by atoms with Crippen LogP contribution in [0.3, 0.4) is 0 Å². The lowest BCUT2D eigenvalue weighted by atomic mass is 9.72. The zero-order chi connectivity index (χ0) is 19.7. The summed E-state index contributed by atoms with van der Waals surface area (Å²) >= 11 is 0. The van der Waals surface area contributed by atoms with Gasteiger partial charge in [0.1, 0.15) is 6.29 Å². The van der Waals surface area contributed by atoms with Crippen molar-refractivity contribution in [1.82, 2.24) is 0 Å². The predicted molar refractivity (Wildman–Crippen MR) is 117 cm³/mol. The third kappa shape index (κ3) is 6.67. The monoisotopic (exact) mass is 360 g/mol. The molecule has 0 saturated heterocycles. The smallest absolute Gasteiger partial charge is 0.143 e. The van der Waals surface area contributed by atoms with E-state index in [4.69, 9.17) is 0 Å². The van der Waals surface area contributed by atoms with Crippen molar-refractivity contribution in [2.24, 2.45) is 5.41 Å². The molecule has 0 unspecified atom stereocenters. The van der Waals surface area contributed by atoms with Crippen LogP contribution in [0.5, 0.6) is 0 Å². The van der Waals surface area contributed by atoms with Gasteiger partial charge in [0.05, 0.1) is 0 Å². The Labute approximate surface area is 164 Å². The minimum absolute atomic E-state index is 0.246. The molecule has 1 aliphatic carbocycles. The third-order valence-corrected chi connectivity index (χ3v) is 5.26. The van der Waals surface area contributed by atoms with Crippen molar-refractivity contribution in [1.29, 1.82) is 0 Å². The molecule has 142 valence electrons. The van der Waals surface area contributed by atoms with E-state index in [1.165, 1.54) is 41.5 Å². The van der Waals surface area contributed by atoms with Gasteiger partial charge in [-0.05, 0) is 73.3 Å². The molecule has 0 amide bonds. The van der Waals surface area contributed by atoms with Gasteiger partial charge in [0.25, 0.3) is 0 Å². The van der Waals surface area contributed by atoms with Crippen molar-refractivity contribution in [3.05, 3.63) is 94.6 Å². The van der Waals surface area contributed by atoms with Crippen LogP contribution in [0.1, 0.15) is 52.5 Å². The molecule has 1 heteroatoms. The maximum absolute atomic E-state index is 10.6. The van der Waals surface area contributed by atoms with Crippen LogP contribution in [-0.4, -0.2) is 6.29 Å². The summed E-state index contributed by atoms with van der Waals surface area (Å²) in [7, 11) is 0. The number of carbonyl (C=O) groups is 1. The number of benzene rings is 1. The molecule has 1 aromatic rings. The van der Waals surface area contributed by atoms with E-state index in [-0.39, 0.29) is 5.41 Å². The maximum atomic E-state index is 10.6. The number of hydrogen-bond donors (Lipinski definition) is 0. The first-order valence-electron chi connectivity index (χ1n) is 9.84. The molecule has 0 radical (unpaired) electrons. The fourth-order valence-corrected chi connectivity index (χ4v) is 3.69. The van der Waals surface area contributed by atoms with Crippen LogP contribution in [0.4, 0.5) is 0 Å². The van der Waals surface area contributed by atoms with Crippen LogP contribution in [0.15, 0.2) is 89.1 Å². The Morgan fingerprint density at radius 3 is 2.52 bits per heavy atom. The number of hydrogen-bond acceptors (Lipinski definition) is 1. The van der Waals surface area contributed by atoms with Gasteiger partial charge in [0.15, 0.2) is 0 Å². The first-order valence-corrected chi connectivity index (χ1v) is 9.84. The molecule has 1 aromatic carbocycles. The molecule has 27 heavy (non-hydrogen) atoms. The van der Waals surface area contributed by atoms with Crippen LogP contribution in [-0.2, 0) is 11.2 Å². The molecule has 2 rings (SSSR count). The van der Waals surface area contributed by atoms with E-state index in [1.54, 1.807) is 6.08 Å². The Bertz CT molecular complexity index is 783. The van der Waals surface area contributed by atoms with Crippen LogP contribution in [0.2, 0.25) is 0 Å². The minimum atomic E-state index is 0.246. The Morgan fingerprint density at radius 2 is 1.85 bits per heavy atom. The Balaban J connectivity index is 2.28. The highest BCUT2D eigenvalue weighted by atomic mass is 16.1. The van der Waals surface area contributed by atoms with Crippen molar-refractivity contribution in [2.75, 3.05) is 0 Å². The summed E-state index contributed by atoms with van der Waals surface area (Å²) in [6.07, 6.45) is 17.8. The topological polar surface area (TPSA) is 17.1 Å². The van der Waals surface area contributed by atoms with Gasteiger partial charge in [-0.1, -0.05) is 80.1 Å². The molecule has 0 saturated carbocycles. The van der Waals surface area contributed by atoms with Gasteiger partial charge in [0, 0.05) is 0 Å². The molecule has 1 nitrogen and oxygen atoms in total. The van der Waals surface area contributed by atoms with Crippen LogP contribution in [0.25, 0.3) is 0 Å². The van der Waals surface area contributed by atoms with Gasteiger partial charge in [-0.3, -0.25) is 4.79 Å². The molecule has 0 fully saturated rings. The Kier molecular flexibility index (Phi) is 7.79. The van der Waals surface area contributed by atoms with Gasteiger partial charge < -0.3 is 0 Å². The van der Waals surface area contributed by atoms with E-state index in [2.05, 4.69) is 69.3 Å². The lowest BCUT2D eigenvalue weighted by molar-refractivity contribution is -0.104. The largest absolute Gasteiger partial charge is 0.299 e. The average molecular weight is 361 g/mol. The van der Waals surface area contributed by atoms with Gasteiger partial charge in [-0.2, -0.15) is 0 Å². The second-order valence-electron chi connectivity index (χ2n) is 8.07. The normalized spacial score (nSPS) is 18.5. The first kappa shape index (κ1) is 20.9. The van der Waals surface area contributed by atoms with Crippen molar-refractivity contribution >= 4 is 6.29 Å². The fourth-order valence-electron chi connectivity index (χ4n) is 3.69. The third-order valence-electron chi connectivity index (χ3n) is 5.26. The molecular weight excluding hydrogens is 328 g/mol. The summed E-state index contributed by atoms with van der Waals surface area (Å²) in [6.45, 7) is 8.91. The van der Waals surface area contributed by atoms with E-state index in [9.17, 15) is 4.79 Å². The van der Waals surface area contributed by atoms with Gasteiger partial charge >= 0.3 is 0 Å². The lowest BCUT2D eigenvalue weighted by Crippen LogP contribution is -2.19. The summed E-state index contributed by atoms with van der Waals surface area (Å²) in [5.74, 6) is 0.